The van der Waals surface area contributed by atoms with Crippen LogP contribution in [0.1, 0.15) is 46.9 Å². The summed E-state index contributed by atoms with van der Waals surface area (Å²) >= 11 is 0. The number of benzene rings is 1. The van der Waals surface area contributed by atoms with E-state index in [-0.39, 0.29) is 24.2 Å². The van der Waals surface area contributed by atoms with E-state index in [1.165, 1.54) is 16.8 Å². The number of carbonyl (C=O) groups is 1. The number of aliphatic hydroxyl groups is 1. The summed E-state index contributed by atoms with van der Waals surface area (Å²) in [4.78, 5) is 14.7. The largest absolute Gasteiger partial charge is 0.394 e. The van der Waals surface area contributed by atoms with E-state index in [9.17, 15) is 18.7 Å². The third-order valence-corrected chi connectivity index (χ3v) is 5.95. The molecule has 1 aliphatic heterocycles. The molecule has 2 heterocycles. The molecule has 3 aliphatic rings. The Bertz CT molecular complexity index is 910. The van der Waals surface area contributed by atoms with Crippen molar-refractivity contribution in [2.24, 2.45) is 5.92 Å². The summed E-state index contributed by atoms with van der Waals surface area (Å²) in [5.74, 6) is -0.723. The third-order valence-electron chi connectivity index (χ3n) is 5.95. The van der Waals surface area contributed by atoms with Crippen LogP contribution in [0.15, 0.2) is 18.2 Å². The molecule has 7 heteroatoms. The molecule has 1 saturated heterocycles. The van der Waals surface area contributed by atoms with Gasteiger partial charge in [-0.1, -0.05) is 0 Å². The standard InChI is InChI=1S/C19H19F2N3O2/c20-11-3-4-16(15(21)8-11)24-18-13-6-10(13)7-14(18)17(22-24)19(26)23-5-1-2-12(23)9-25/h3-4,8,10,12-13,25H,1-2,5-7,9H2/t10-,12+,13-/m1/s1. The molecule has 5 rings (SSSR count). The zero-order valence-electron chi connectivity index (χ0n) is 14.2. The number of amides is 1. The quantitative estimate of drug-likeness (QED) is 0.916. The Morgan fingerprint density at radius 2 is 2.19 bits per heavy atom. The second-order valence-corrected chi connectivity index (χ2v) is 7.50. The van der Waals surface area contributed by atoms with E-state index in [2.05, 4.69) is 5.10 Å². The zero-order valence-corrected chi connectivity index (χ0v) is 14.2. The van der Waals surface area contributed by atoms with Crippen molar-refractivity contribution in [2.45, 2.75) is 37.6 Å². The van der Waals surface area contributed by atoms with Gasteiger partial charge in [-0.15, -0.1) is 0 Å². The first-order chi connectivity index (χ1) is 12.6. The predicted octanol–water partition coefficient (Wildman–Crippen LogP) is 2.41. The van der Waals surface area contributed by atoms with Crippen molar-refractivity contribution in [1.29, 1.82) is 0 Å². The topological polar surface area (TPSA) is 58.4 Å². The molecule has 3 atom stereocenters. The predicted molar refractivity (Wildman–Crippen MR) is 89.2 cm³/mol. The number of fused-ring (bicyclic) bond motifs is 3. The van der Waals surface area contributed by atoms with Gasteiger partial charge in [0.2, 0.25) is 0 Å². The Morgan fingerprint density at radius 1 is 1.35 bits per heavy atom. The highest BCUT2D eigenvalue weighted by molar-refractivity contribution is 5.95. The fourth-order valence-electron chi connectivity index (χ4n) is 4.55. The monoisotopic (exact) mass is 359 g/mol. The molecule has 0 unspecified atom stereocenters. The Hall–Kier alpha value is -2.28. The van der Waals surface area contributed by atoms with Gasteiger partial charge in [0, 0.05) is 24.1 Å². The van der Waals surface area contributed by atoms with E-state index in [0.717, 1.165) is 43.0 Å². The van der Waals surface area contributed by atoms with E-state index < -0.39 is 11.6 Å². The molecule has 0 bridgehead atoms. The lowest BCUT2D eigenvalue weighted by Gasteiger charge is -2.22. The van der Waals surface area contributed by atoms with E-state index in [1.54, 1.807) is 4.90 Å². The molecule has 1 saturated carbocycles. The van der Waals surface area contributed by atoms with Crippen molar-refractivity contribution in [3.63, 3.8) is 0 Å². The van der Waals surface area contributed by atoms with Crippen molar-refractivity contribution in [1.82, 2.24) is 14.7 Å². The number of rotatable bonds is 3. The van der Waals surface area contributed by atoms with Crippen molar-refractivity contribution < 1.29 is 18.7 Å². The van der Waals surface area contributed by atoms with Crippen LogP contribution >= 0.6 is 0 Å². The summed E-state index contributed by atoms with van der Waals surface area (Å²) in [6, 6.07) is 3.23. The van der Waals surface area contributed by atoms with Crippen LogP contribution in [0.4, 0.5) is 8.78 Å². The zero-order chi connectivity index (χ0) is 18.0. The summed E-state index contributed by atoms with van der Waals surface area (Å²) in [5, 5.41) is 14.0. The third kappa shape index (κ3) is 2.23. The van der Waals surface area contributed by atoms with Gasteiger partial charge < -0.3 is 10.0 Å². The number of aromatic nitrogens is 2. The Balaban J connectivity index is 1.60. The minimum atomic E-state index is -0.687. The van der Waals surface area contributed by atoms with E-state index >= 15 is 0 Å². The van der Waals surface area contributed by atoms with Crippen molar-refractivity contribution in [2.75, 3.05) is 13.2 Å². The minimum absolute atomic E-state index is 0.0630. The molecule has 1 aromatic carbocycles. The van der Waals surface area contributed by atoms with Gasteiger partial charge in [0.1, 0.15) is 11.5 Å². The molecule has 2 fully saturated rings. The lowest BCUT2D eigenvalue weighted by atomic mass is 10.1. The molecule has 5 nitrogen and oxygen atoms in total. The molecule has 2 aromatic rings. The molecule has 1 amide bonds. The van der Waals surface area contributed by atoms with Gasteiger partial charge >= 0.3 is 0 Å². The van der Waals surface area contributed by atoms with Gasteiger partial charge in [0.05, 0.1) is 18.3 Å². The summed E-state index contributed by atoms with van der Waals surface area (Å²) in [6.07, 6.45) is 3.44. The van der Waals surface area contributed by atoms with Crippen LogP contribution in [0.5, 0.6) is 0 Å². The van der Waals surface area contributed by atoms with Crippen molar-refractivity contribution in [3.8, 4) is 5.69 Å². The number of carbonyl (C=O) groups excluding carboxylic acids is 1. The molecule has 0 radical (unpaired) electrons. The first-order valence-corrected chi connectivity index (χ1v) is 9.07. The fourth-order valence-corrected chi connectivity index (χ4v) is 4.55. The molecule has 1 aromatic heterocycles. The van der Waals surface area contributed by atoms with Crippen LogP contribution < -0.4 is 0 Å². The Labute approximate surface area is 149 Å². The number of hydrogen-bond acceptors (Lipinski definition) is 3. The smallest absolute Gasteiger partial charge is 0.274 e. The van der Waals surface area contributed by atoms with Crippen LogP contribution in [-0.2, 0) is 6.42 Å². The van der Waals surface area contributed by atoms with Gasteiger partial charge in [-0.3, -0.25) is 4.79 Å². The van der Waals surface area contributed by atoms with Crippen molar-refractivity contribution in [3.05, 3.63) is 46.8 Å². The average molecular weight is 359 g/mol. The number of aliphatic hydroxyl groups excluding tert-OH is 1. The van der Waals surface area contributed by atoms with Crippen LogP contribution in [0.2, 0.25) is 0 Å². The molecule has 2 aliphatic carbocycles. The van der Waals surface area contributed by atoms with Gasteiger partial charge in [-0.25, -0.2) is 13.5 Å². The molecule has 136 valence electrons. The second-order valence-electron chi connectivity index (χ2n) is 7.50. The second kappa shape index (κ2) is 5.61. The lowest BCUT2D eigenvalue weighted by Crippen LogP contribution is -2.38. The van der Waals surface area contributed by atoms with Crippen molar-refractivity contribution >= 4 is 5.91 Å². The molecular weight excluding hydrogens is 340 g/mol. The number of hydrogen-bond donors (Lipinski definition) is 1. The molecule has 0 spiro atoms. The summed E-state index contributed by atoms with van der Waals surface area (Å²) in [5.41, 5.74) is 2.32. The van der Waals surface area contributed by atoms with Gasteiger partial charge in [0.25, 0.3) is 5.91 Å². The van der Waals surface area contributed by atoms with E-state index in [1.807, 2.05) is 0 Å². The maximum atomic E-state index is 14.3. The molecule has 1 N–H and O–H groups in total. The molecule has 26 heavy (non-hydrogen) atoms. The number of likely N-dealkylation sites (tertiary alicyclic amines) is 1. The SMILES string of the molecule is O=C(c1nn(-c2ccc(F)cc2F)c2c1C[C@H]1C[C@@H]21)N1CCC[C@H]1CO. The number of halogens is 2. The van der Waals surface area contributed by atoms with E-state index in [4.69, 9.17) is 0 Å². The highest BCUT2D eigenvalue weighted by Crippen LogP contribution is 2.57. The first kappa shape index (κ1) is 15.9. The van der Waals surface area contributed by atoms with Gasteiger partial charge in [-0.2, -0.15) is 5.10 Å². The summed E-state index contributed by atoms with van der Waals surface area (Å²) in [7, 11) is 0. The molecular formula is C19H19F2N3O2. The van der Waals surface area contributed by atoms with Crippen LogP contribution in [0, 0.1) is 17.6 Å². The number of nitrogens with zero attached hydrogens (tertiary/aromatic N) is 3. The first-order valence-electron chi connectivity index (χ1n) is 9.07. The lowest BCUT2D eigenvalue weighted by molar-refractivity contribution is 0.0670. The van der Waals surface area contributed by atoms with Crippen LogP contribution in [0.25, 0.3) is 5.69 Å². The normalized spacial score (nSPS) is 26.1. The van der Waals surface area contributed by atoms with Gasteiger partial charge in [0.15, 0.2) is 11.5 Å². The maximum absolute atomic E-state index is 14.3. The Morgan fingerprint density at radius 3 is 2.96 bits per heavy atom. The fraction of sp³-hybridized carbons (Fsp3) is 0.474. The van der Waals surface area contributed by atoms with Crippen LogP contribution in [-0.4, -0.2) is 44.9 Å². The highest BCUT2D eigenvalue weighted by Gasteiger charge is 2.51. The maximum Gasteiger partial charge on any atom is 0.274 e. The van der Waals surface area contributed by atoms with Crippen LogP contribution in [0.3, 0.4) is 0 Å². The highest BCUT2D eigenvalue weighted by atomic mass is 19.1. The van der Waals surface area contributed by atoms with Gasteiger partial charge in [-0.05, 0) is 43.7 Å². The van der Waals surface area contributed by atoms with E-state index in [0.29, 0.717) is 24.1 Å². The summed E-state index contributed by atoms with van der Waals surface area (Å²) in [6.45, 7) is 0.538. The summed E-state index contributed by atoms with van der Waals surface area (Å²) < 4.78 is 29.1. The average Bonchev–Trinajstić information content (AvgIpc) is 3.01. The Kier molecular flexibility index (Phi) is 3.44. The minimum Gasteiger partial charge on any atom is -0.394 e.